The number of carbonyl (C=O) groups excluding carboxylic acids is 1. The van der Waals surface area contributed by atoms with Gasteiger partial charge in [-0.2, -0.15) is 0 Å². The second-order valence-corrected chi connectivity index (χ2v) is 4.93. The van der Waals surface area contributed by atoms with Gasteiger partial charge in [-0.1, -0.05) is 18.2 Å². The number of ketones is 1. The molecule has 0 aliphatic rings. The van der Waals surface area contributed by atoms with Gasteiger partial charge in [0.15, 0.2) is 17.3 Å². The van der Waals surface area contributed by atoms with Gasteiger partial charge in [0.05, 0.1) is 25.5 Å². The molecule has 0 atom stereocenters. The summed E-state index contributed by atoms with van der Waals surface area (Å²) in [7, 11) is 2.99. The lowest BCUT2D eigenvalue weighted by molar-refractivity contribution is 0.0696. The van der Waals surface area contributed by atoms with Crippen molar-refractivity contribution >= 4 is 23.5 Å². The normalized spacial score (nSPS) is 10.6. The first-order chi connectivity index (χ1) is 11.5. The minimum atomic E-state index is -1.04. The maximum absolute atomic E-state index is 12.1. The molecule has 0 saturated heterocycles. The first-order valence-corrected chi connectivity index (χ1v) is 7.03. The number of carboxylic acid groups (broad SMARTS) is 1. The first-order valence-electron chi connectivity index (χ1n) is 7.03. The molecule has 2 aromatic rings. The molecule has 2 rings (SSSR count). The number of methoxy groups -OCH3 is 2. The van der Waals surface area contributed by atoms with Crippen LogP contribution in [-0.2, 0) is 0 Å². The second-order valence-electron chi connectivity index (χ2n) is 4.93. The number of benzene rings is 2. The van der Waals surface area contributed by atoms with E-state index in [1.807, 2.05) is 0 Å². The summed E-state index contributed by atoms with van der Waals surface area (Å²) in [5.41, 5.74) is 7.49. The number of nitrogens with two attached hydrogens (primary N) is 1. The Kier molecular flexibility index (Phi) is 5.21. The molecule has 0 aliphatic carbocycles. The Balaban J connectivity index is 2.22. The van der Waals surface area contributed by atoms with E-state index < -0.39 is 5.97 Å². The van der Waals surface area contributed by atoms with E-state index in [-0.39, 0.29) is 11.3 Å². The van der Waals surface area contributed by atoms with Crippen LogP contribution in [-0.4, -0.2) is 31.1 Å². The van der Waals surface area contributed by atoms with E-state index in [1.54, 1.807) is 18.2 Å². The van der Waals surface area contributed by atoms with Gasteiger partial charge in [0, 0.05) is 5.56 Å². The van der Waals surface area contributed by atoms with Crippen molar-refractivity contribution in [3.63, 3.8) is 0 Å². The van der Waals surface area contributed by atoms with Crippen molar-refractivity contribution in [1.82, 2.24) is 0 Å². The number of hydrogen-bond donors (Lipinski definition) is 2. The average Bonchev–Trinajstić information content (AvgIpc) is 2.59. The Morgan fingerprint density at radius 3 is 2.21 bits per heavy atom. The number of carbonyl (C=O) groups is 2. The quantitative estimate of drug-likeness (QED) is 0.481. The highest BCUT2D eigenvalue weighted by Crippen LogP contribution is 2.34. The summed E-state index contributed by atoms with van der Waals surface area (Å²) in [4.78, 5) is 22.9. The van der Waals surface area contributed by atoms with Gasteiger partial charge in [0.2, 0.25) is 0 Å². The van der Waals surface area contributed by atoms with E-state index in [4.69, 9.17) is 20.3 Å². The zero-order valence-electron chi connectivity index (χ0n) is 13.3. The molecule has 0 fully saturated rings. The summed E-state index contributed by atoms with van der Waals surface area (Å²) in [5, 5.41) is 8.85. The molecule has 0 bridgehead atoms. The largest absolute Gasteiger partial charge is 0.493 e. The van der Waals surface area contributed by atoms with Crippen molar-refractivity contribution in [2.75, 3.05) is 20.0 Å². The molecule has 0 unspecified atom stereocenters. The zero-order valence-corrected chi connectivity index (χ0v) is 13.3. The topological polar surface area (TPSA) is 98.9 Å². The van der Waals surface area contributed by atoms with Crippen molar-refractivity contribution in [1.29, 1.82) is 0 Å². The van der Waals surface area contributed by atoms with E-state index in [0.717, 1.165) is 0 Å². The van der Waals surface area contributed by atoms with Crippen LogP contribution in [0.15, 0.2) is 42.5 Å². The monoisotopic (exact) mass is 327 g/mol. The highest BCUT2D eigenvalue weighted by molar-refractivity contribution is 6.07. The molecule has 0 radical (unpaired) electrons. The van der Waals surface area contributed by atoms with Crippen molar-refractivity contribution in [3.05, 3.63) is 59.2 Å². The molecule has 24 heavy (non-hydrogen) atoms. The van der Waals surface area contributed by atoms with Crippen molar-refractivity contribution in [2.45, 2.75) is 0 Å². The van der Waals surface area contributed by atoms with Crippen LogP contribution in [0.1, 0.15) is 26.3 Å². The van der Waals surface area contributed by atoms with Gasteiger partial charge in [-0.25, -0.2) is 4.79 Å². The van der Waals surface area contributed by atoms with Crippen LogP contribution in [0.3, 0.4) is 0 Å². The summed E-state index contributed by atoms with van der Waals surface area (Å²) in [6.45, 7) is 0. The predicted molar refractivity (Wildman–Crippen MR) is 90.7 cm³/mol. The van der Waals surface area contributed by atoms with Crippen molar-refractivity contribution in [2.24, 2.45) is 0 Å². The number of aromatic carboxylic acids is 1. The lowest BCUT2D eigenvalue weighted by Crippen LogP contribution is -1.99. The standard InChI is InChI=1S/C18H17NO5/c1-23-16-10-11(9-14(19)17(16)24-2)3-8-15(20)12-4-6-13(7-5-12)18(21)22/h3-10H,19H2,1-2H3,(H,21,22)/b8-3+. The first kappa shape index (κ1) is 17.1. The number of rotatable bonds is 6. The number of hydrogen-bond acceptors (Lipinski definition) is 5. The fourth-order valence-electron chi connectivity index (χ4n) is 2.16. The van der Waals surface area contributed by atoms with Gasteiger partial charge in [-0.3, -0.25) is 4.79 Å². The Labute approximate surface area is 139 Å². The minimum absolute atomic E-state index is 0.128. The van der Waals surface area contributed by atoms with E-state index in [9.17, 15) is 9.59 Å². The second kappa shape index (κ2) is 7.32. The van der Waals surface area contributed by atoms with Gasteiger partial charge in [-0.05, 0) is 35.9 Å². The van der Waals surface area contributed by atoms with Crippen LogP contribution >= 0.6 is 0 Å². The Bertz CT molecular complexity index is 794. The van der Waals surface area contributed by atoms with Gasteiger partial charge in [0.1, 0.15) is 0 Å². The smallest absolute Gasteiger partial charge is 0.335 e. The Morgan fingerprint density at radius 1 is 1.04 bits per heavy atom. The minimum Gasteiger partial charge on any atom is -0.493 e. The zero-order chi connectivity index (χ0) is 17.7. The maximum Gasteiger partial charge on any atom is 0.335 e. The van der Waals surface area contributed by atoms with Gasteiger partial charge in [-0.15, -0.1) is 0 Å². The molecule has 0 saturated carbocycles. The lowest BCUT2D eigenvalue weighted by atomic mass is 10.1. The Hall–Kier alpha value is -3.28. The number of ether oxygens (including phenoxy) is 2. The summed E-state index contributed by atoms with van der Waals surface area (Å²) >= 11 is 0. The molecule has 2 aromatic carbocycles. The summed E-state index contributed by atoms with van der Waals surface area (Å²) < 4.78 is 10.4. The molecular formula is C18H17NO5. The SMILES string of the molecule is COc1cc(/C=C/C(=O)c2ccc(C(=O)O)cc2)cc(N)c1OC. The molecule has 6 heteroatoms. The lowest BCUT2D eigenvalue weighted by Gasteiger charge is -2.11. The summed E-state index contributed by atoms with van der Waals surface area (Å²) in [6, 6.07) is 9.08. The van der Waals surface area contributed by atoms with Crippen LogP contribution in [0.4, 0.5) is 5.69 Å². The summed E-state index contributed by atoms with van der Waals surface area (Å²) in [5.74, 6) is -0.383. The molecular weight excluding hydrogens is 310 g/mol. The fourth-order valence-corrected chi connectivity index (χ4v) is 2.16. The van der Waals surface area contributed by atoms with Crippen LogP contribution in [0.25, 0.3) is 6.08 Å². The van der Waals surface area contributed by atoms with Crippen molar-refractivity contribution < 1.29 is 24.2 Å². The number of allylic oxidation sites excluding steroid dienone is 1. The van der Waals surface area contributed by atoms with E-state index in [0.29, 0.717) is 28.3 Å². The third kappa shape index (κ3) is 3.73. The van der Waals surface area contributed by atoms with Gasteiger partial charge < -0.3 is 20.3 Å². The average molecular weight is 327 g/mol. The molecule has 6 nitrogen and oxygen atoms in total. The van der Waals surface area contributed by atoms with Crippen LogP contribution < -0.4 is 15.2 Å². The van der Waals surface area contributed by atoms with E-state index in [1.165, 1.54) is 44.6 Å². The molecule has 0 amide bonds. The number of nitrogen functional groups attached to an aromatic ring is 1. The molecule has 0 spiro atoms. The molecule has 0 aliphatic heterocycles. The molecule has 124 valence electrons. The summed E-state index contributed by atoms with van der Waals surface area (Å²) in [6.07, 6.45) is 2.99. The van der Waals surface area contributed by atoms with E-state index in [2.05, 4.69) is 0 Å². The van der Waals surface area contributed by atoms with Gasteiger partial charge in [0.25, 0.3) is 0 Å². The number of anilines is 1. The molecule has 0 aromatic heterocycles. The maximum atomic E-state index is 12.1. The fraction of sp³-hybridized carbons (Fsp3) is 0.111. The van der Waals surface area contributed by atoms with Gasteiger partial charge >= 0.3 is 5.97 Å². The van der Waals surface area contributed by atoms with Crippen molar-refractivity contribution in [3.8, 4) is 11.5 Å². The third-order valence-corrected chi connectivity index (χ3v) is 3.37. The molecule has 0 heterocycles. The predicted octanol–water partition coefficient (Wildman–Crippen LogP) is 2.88. The number of carboxylic acids is 1. The van der Waals surface area contributed by atoms with Crippen LogP contribution in [0, 0.1) is 0 Å². The van der Waals surface area contributed by atoms with Crippen LogP contribution in [0.2, 0.25) is 0 Å². The van der Waals surface area contributed by atoms with E-state index >= 15 is 0 Å². The highest BCUT2D eigenvalue weighted by Gasteiger charge is 2.09. The Morgan fingerprint density at radius 2 is 1.67 bits per heavy atom. The molecule has 3 N–H and O–H groups in total. The third-order valence-electron chi connectivity index (χ3n) is 3.37. The highest BCUT2D eigenvalue weighted by atomic mass is 16.5. The van der Waals surface area contributed by atoms with Crippen LogP contribution in [0.5, 0.6) is 11.5 Å².